The summed E-state index contributed by atoms with van der Waals surface area (Å²) in [5, 5.41) is 14.0. The van der Waals surface area contributed by atoms with Crippen LogP contribution in [0.4, 0.5) is 0 Å². The fourth-order valence-corrected chi connectivity index (χ4v) is 2.30. The van der Waals surface area contributed by atoms with Gasteiger partial charge in [0.05, 0.1) is 18.8 Å². The third kappa shape index (κ3) is 4.75. The SMILES string of the molecule is CN1CCOC(CNCC(O)c2ccc(Cl)cc2)C1. The lowest BCUT2D eigenvalue weighted by Crippen LogP contribution is -2.45. The number of halogens is 1. The van der Waals surface area contributed by atoms with E-state index in [0.717, 1.165) is 31.8 Å². The van der Waals surface area contributed by atoms with Crippen LogP contribution in [0.1, 0.15) is 11.7 Å². The van der Waals surface area contributed by atoms with Crippen LogP contribution in [0.25, 0.3) is 0 Å². The normalized spacial score (nSPS) is 22.4. The second-order valence-electron chi connectivity index (χ2n) is 4.98. The van der Waals surface area contributed by atoms with E-state index >= 15 is 0 Å². The van der Waals surface area contributed by atoms with Crippen LogP contribution in [0.3, 0.4) is 0 Å². The summed E-state index contributed by atoms with van der Waals surface area (Å²) in [5.74, 6) is 0. The van der Waals surface area contributed by atoms with E-state index in [0.29, 0.717) is 11.6 Å². The van der Waals surface area contributed by atoms with Gasteiger partial charge in [-0.15, -0.1) is 0 Å². The minimum Gasteiger partial charge on any atom is -0.387 e. The Kier molecular flexibility index (Phi) is 5.60. The maximum absolute atomic E-state index is 10.0. The van der Waals surface area contributed by atoms with Crippen LogP contribution >= 0.6 is 11.6 Å². The second kappa shape index (κ2) is 7.22. The first-order valence-electron chi connectivity index (χ1n) is 6.59. The predicted octanol–water partition coefficient (Wildman–Crippen LogP) is 1.29. The Morgan fingerprint density at radius 2 is 2.21 bits per heavy atom. The molecule has 1 fully saturated rings. The number of rotatable bonds is 5. The number of likely N-dealkylation sites (N-methyl/N-ethyl adjacent to an activating group) is 1. The fraction of sp³-hybridized carbons (Fsp3) is 0.571. The lowest BCUT2D eigenvalue weighted by atomic mass is 10.1. The maximum Gasteiger partial charge on any atom is 0.0914 e. The molecule has 1 heterocycles. The summed E-state index contributed by atoms with van der Waals surface area (Å²) < 4.78 is 5.65. The van der Waals surface area contributed by atoms with Crippen molar-refractivity contribution in [3.63, 3.8) is 0 Å². The van der Waals surface area contributed by atoms with Gasteiger partial charge >= 0.3 is 0 Å². The Morgan fingerprint density at radius 1 is 1.47 bits per heavy atom. The number of aliphatic hydroxyl groups is 1. The lowest BCUT2D eigenvalue weighted by molar-refractivity contribution is -0.0191. The molecule has 0 aromatic heterocycles. The van der Waals surface area contributed by atoms with Crippen molar-refractivity contribution in [1.29, 1.82) is 0 Å². The summed E-state index contributed by atoms with van der Waals surface area (Å²) in [6.45, 7) is 3.98. The molecule has 1 saturated heterocycles. The highest BCUT2D eigenvalue weighted by Crippen LogP contribution is 2.15. The van der Waals surface area contributed by atoms with Gasteiger partial charge in [-0.2, -0.15) is 0 Å². The largest absolute Gasteiger partial charge is 0.387 e. The van der Waals surface area contributed by atoms with Crippen molar-refractivity contribution in [1.82, 2.24) is 10.2 Å². The van der Waals surface area contributed by atoms with Crippen LogP contribution in [0.2, 0.25) is 5.02 Å². The molecule has 1 aliphatic rings. The van der Waals surface area contributed by atoms with E-state index in [1.54, 1.807) is 12.1 Å². The fourth-order valence-electron chi connectivity index (χ4n) is 2.17. The number of nitrogens with one attached hydrogen (secondary N) is 1. The first kappa shape index (κ1) is 14.8. The minimum atomic E-state index is -0.515. The van der Waals surface area contributed by atoms with Crippen LogP contribution in [-0.2, 0) is 4.74 Å². The molecule has 0 saturated carbocycles. The highest BCUT2D eigenvalue weighted by atomic mass is 35.5. The molecule has 2 N–H and O–H groups in total. The van der Waals surface area contributed by atoms with Crippen LogP contribution < -0.4 is 5.32 Å². The van der Waals surface area contributed by atoms with E-state index in [4.69, 9.17) is 16.3 Å². The van der Waals surface area contributed by atoms with E-state index in [-0.39, 0.29) is 6.10 Å². The maximum atomic E-state index is 10.0. The van der Waals surface area contributed by atoms with Crippen LogP contribution in [-0.4, -0.2) is 55.9 Å². The molecular formula is C14H21ClN2O2. The molecule has 0 spiro atoms. The Hall–Kier alpha value is -0.650. The summed E-state index contributed by atoms with van der Waals surface area (Å²) in [7, 11) is 2.10. The Labute approximate surface area is 119 Å². The van der Waals surface area contributed by atoms with Crippen molar-refractivity contribution in [2.75, 3.05) is 39.8 Å². The van der Waals surface area contributed by atoms with Gasteiger partial charge in [0.25, 0.3) is 0 Å². The smallest absolute Gasteiger partial charge is 0.0914 e. The zero-order valence-corrected chi connectivity index (χ0v) is 11.9. The van der Waals surface area contributed by atoms with Crippen molar-refractivity contribution in [3.8, 4) is 0 Å². The standard InChI is InChI=1S/C14H21ClN2O2/c1-17-6-7-19-13(10-17)8-16-9-14(18)11-2-4-12(15)5-3-11/h2-5,13-14,16,18H,6-10H2,1H3. The van der Waals surface area contributed by atoms with Crippen molar-refractivity contribution >= 4 is 11.6 Å². The van der Waals surface area contributed by atoms with Gasteiger partial charge in [-0.1, -0.05) is 23.7 Å². The summed E-state index contributed by atoms with van der Waals surface area (Å²) in [4.78, 5) is 2.26. The third-order valence-corrected chi connectivity index (χ3v) is 3.56. The molecule has 0 amide bonds. The summed E-state index contributed by atoms with van der Waals surface area (Å²) >= 11 is 5.82. The molecule has 106 valence electrons. The number of ether oxygens (including phenoxy) is 1. The Balaban J connectivity index is 1.71. The summed E-state index contributed by atoms with van der Waals surface area (Å²) in [6.07, 6.45) is -0.310. The molecule has 0 radical (unpaired) electrons. The van der Waals surface area contributed by atoms with E-state index in [2.05, 4.69) is 17.3 Å². The van der Waals surface area contributed by atoms with Gasteiger partial charge in [0.1, 0.15) is 0 Å². The second-order valence-corrected chi connectivity index (χ2v) is 5.42. The number of nitrogens with zero attached hydrogens (tertiary/aromatic N) is 1. The van der Waals surface area contributed by atoms with E-state index in [9.17, 15) is 5.11 Å². The molecule has 2 rings (SSSR count). The quantitative estimate of drug-likeness (QED) is 0.855. The first-order chi connectivity index (χ1) is 9.15. The van der Waals surface area contributed by atoms with Gasteiger partial charge in [0.15, 0.2) is 0 Å². The summed E-state index contributed by atoms with van der Waals surface area (Å²) in [6, 6.07) is 7.28. The molecule has 2 atom stereocenters. The molecule has 0 bridgehead atoms. The number of aliphatic hydroxyl groups excluding tert-OH is 1. The topological polar surface area (TPSA) is 44.7 Å². The van der Waals surface area contributed by atoms with Crippen LogP contribution in [0.15, 0.2) is 24.3 Å². The van der Waals surface area contributed by atoms with Gasteiger partial charge < -0.3 is 20.1 Å². The Morgan fingerprint density at radius 3 is 2.89 bits per heavy atom. The molecular weight excluding hydrogens is 264 g/mol. The highest BCUT2D eigenvalue weighted by Gasteiger charge is 2.17. The molecule has 19 heavy (non-hydrogen) atoms. The van der Waals surface area contributed by atoms with E-state index < -0.39 is 6.10 Å². The van der Waals surface area contributed by atoms with Crippen LogP contribution in [0, 0.1) is 0 Å². The van der Waals surface area contributed by atoms with Gasteiger partial charge in [0.2, 0.25) is 0 Å². The molecule has 2 unspecified atom stereocenters. The number of benzene rings is 1. The zero-order chi connectivity index (χ0) is 13.7. The molecule has 1 aromatic carbocycles. The minimum absolute atomic E-state index is 0.205. The predicted molar refractivity (Wildman–Crippen MR) is 76.5 cm³/mol. The number of morpholine rings is 1. The molecule has 5 heteroatoms. The van der Waals surface area contributed by atoms with Gasteiger partial charge in [-0.25, -0.2) is 0 Å². The zero-order valence-electron chi connectivity index (χ0n) is 11.2. The van der Waals surface area contributed by atoms with Crippen LogP contribution in [0.5, 0.6) is 0 Å². The highest BCUT2D eigenvalue weighted by molar-refractivity contribution is 6.30. The van der Waals surface area contributed by atoms with Crippen molar-refractivity contribution in [2.24, 2.45) is 0 Å². The lowest BCUT2D eigenvalue weighted by Gasteiger charge is -2.30. The molecule has 1 aliphatic heterocycles. The molecule has 0 aliphatic carbocycles. The Bertz CT molecular complexity index is 386. The summed E-state index contributed by atoms with van der Waals surface area (Å²) in [5.41, 5.74) is 0.874. The monoisotopic (exact) mass is 284 g/mol. The van der Waals surface area contributed by atoms with Crippen molar-refractivity contribution < 1.29 is 9.84 Å². The number of hydrogen-bond donors (Lipinski definition) is 2. The van der Waals surface area contributed by atoms with Gasteiger partial charge in [0, 0.05) is 31.2 Å². The molecule has 1 aromatic rings. The average molecular weight is 285 g/mol. The van der Waals surface area contributed by atoms with Crippen molar-refractivity contribution in [2.45, 2.75) is 12.2 Å². The van der Waals surface area contributed by atoms with Crippen molar-refractivity contribution in [3.05, 3.63) is 34.9 Å². The third-order valence-electron chi connectivity index (χ3n) is 3.31. The average Bonchev–Trinajstić information content (AvgIpc) is 2.39. The van der Waals surface area contributed by atoms with E-state index in [1.807, 2.05) is 12.1 Å². The van der Waals surface area contributed by atoms with Gasteiger partial charge in [-0.3, -0.25) is 0 Å². The van der Waals surface area contributed by atoms with E-state index in [1.165, 1.54) is 0 Å². The first-order valence-corrected chi connectivity index (χ1v) is 6.97. The number of hydrogen-bond acceptors (Lipinski definition) is 4. The molecule has 4 nitrogen and oxygen atoms in total. The van der Waals surface area contributed by atoms with Gasteiger partial charge in [-0.05, 0) is 24.7 Å².